The maximum atomic E-state index is 11.7. The van der Waals surface area contributed by atoms with Crippen molar-refractivity contribution < 1.29 is 9.53 Å². The molecule has 5 rings (SSSR count). The number of carbonyl (C=O) groups excluding carboxylic acids is 1. The number of fused-ring (bicyclic) bond motifs is 1. The summed E-state index contributed by atoms with van der Waals surface area (Å²) in [7, 11) is 0. The Kier molecular flexibility index (Phi) is 3.27. The quantitative estimate of drug-likeness (QED) is 0.843. The summed E-state index contributed by atoms with van der Waals surface area (Å²) in [6, 6.07) is 0.750. The molecule has 4 aliphatic rings. The summed E-state index contributed by atoms with van der Waals surface area (Å²) >= 11 is 1.78. The average molecular weight is 347 g/mol. The summed E-state index contributed by atoms with van der Waals surface area (Å²) in [5, 5.41) is 3.46. The smallest absolute Gasteiger partial charge is 0.409 e. The summed E-state index contributed by atoms with van der Waals surface area (Å²) in [4.78, 5) is 21.0. The van der Waals surface area contributed by atoms with Gasteiger partial charge in [0.05, 0.1) is 17.3 Å². The molecule has 0 radical (unpaired) electrons. The Bertz CT molecular complexity index is 649. The third kappa shape index (κ3) is 2.22. The lowest BCUT2D eigenvalue weighted by molar-refractivity contribution is -0.0973. The number of thiazole rings is 1. The van der Waals surface area contributed by atoms with Gasteiger partial charge < -0.3 is 9.64 Å². The molecule has 2 aliphatic carbocycles. The number of hydrogen-bond acceptors (Lipinski definition) is 5. The minimum atomic E-state index is -0.129. The molecule has 6 heteroatoms. The zero-order valence-electron chi connectivity index (χ0n) is 14.4. The van der Waals surface area contributed by atoms with Crippen molar-refractivity contribution in [2.75, 3.05) is 32.8 Å². The molecule has 0 N–H and O–H groups in total. The number of aromatic nitrogens is 1. The topological polar surface area (TPSA) is 45.7 Å². The van der Waals surface area contributed by atoms with Crippen molar-refractivity contribution in [1.82, 2.24) is 14.8 Å². The standard InChI is InChI=1S/C18H25N3O2S/c1-3-23-17(22)21-9-18(10-21)4-12(5-18)20-6-13-14(7-20)16(13)15-8-24-11(2)19-15/h8,12-14,16H,3-7,9-10H2,1-2H3/t13-,14+,16?. The molecule has 1 aromatic rings. The van der Waals surface area contributed by atoms with E-state index >= 15 is 0 Å². The van der Waals surface area contributed by atoms with Crippen molar-refractivity contribution in [3.63, 3.8) is 0 Å². The molecule has 0 bridgehead atoms. The Morgan fingerprint density at radius 3 is 2.67 bits per heavy atom. The molecule has 3 atom stereocenters. The zero-order valence-corrected chi connectivity index (χ0v) is 15.2. The van der Waals surface area contributed by atoms with Gasteiger partial charge in [-0.15, -0.1) is 11.3 Å². The molecule has 2 saturated carbocycles. The number of aryl methyl sites for hydroxylation is 1. The molecule has 5 nitrogen and oxygen atoms in total. The van der Waals surface area contributed by atoms with Crippen molar-refractivity contribution in [3.8, 4) is 0 Å². The molecule has 2 saturated heterocycles. The normalized spacial score (nSPS) is 33.9. The van der Waals surface area contributed by atoms with Gasteiger partial charge in [0.15, 0.2) is 0 Å². The molecule has 3 heterocycles. The SMILES string of the molecule is CCOC(=O)N1CC2(CC(N3C[C@@H]4C(c5csc(C)n5)[C@@H]4C3)C2)C1. The van der Waals surface area contributed by atoms with Crippen LogP contribution in [0.25, 0.3) is 0 Å². The van der Waals surface area contributed by atoms with Gasteiger partial charge in [-0.25, -0.2) is 9.78 Å². The predicted molar refractivity (Wildman–Crippen MR) is 92.2 cm³/mol. The summed E-state index contributed by atoms with van der Waals surface area (Å²) in [5.41, 5.74) is 1.76. The van der Waals surface area contributed by atoms with Gasteiger partial charge in [0.25, 0.3) is 0 Å². The minimum Gasteiger partial charge on any atom is -0.450 e. The second kappa shape index (κ2) is 5.18. The van der Waals surface area contributed by atoms with Gasteiger partial charge in [-0.05, 0) is 38.5 Å². The lowest BCUT2D eigenvalue weighted by Crippen LogP contribution is -2.67. The van der Waals surface area contributed by atoms with E-state index in [1.807, 2.05) is 11.8 Å². The number of piperidine rings is 1. The lowest BCUT2D eigenvalue weighted by Gasteiger charge is -2.60. The molecule has 0 aromatic carbocycles. The van der Waals surface area contributed by atoms with Gasteiger partial charge >= 0.3 is 6.09 Å². The first-order chi connectivity index (χ1) is 11.6. The van der Waals surface area contributed by atoms with E-state index in [1.165, 1.54) is 36.6 Å². The highest BCUT2D eigenvalue weighted by Gasteiger charge is 2.61. The number of amides is 1. The molecule has 2 aliphatic heterocycles. The van der Waals surface area contributed by atoms with Crippen LogP contribution in [0.15, 0.2) is 5.38 Å². The molecule has 4 fully saturated rings. The van der Waals surface area contributed by atoms with Crippen molar-refractivity contribution in [3.05, 3.63) is 16.1 Å². The highest BCUT2D eigenvalue weighted by molar-refractivity contribution is 7.09. The van der Waals surface area contributed by atoms with Crippen LogP contribution in [0, 0.1) is 24.2 Å². The summed E-state index contributed by atoms with van der Waals surface area (Å²) in [6.45, 7) is 8.77. The van der Waals surface area contributed by atoms with Gasteiger partial charge in [-0.2, -0.15) is 0 Å². The molecule has 130 valence electrons. The molecule has 1 amide bonds. The van der Waals surface area contributed by atoms with Crippen molar-refractivity contribution in [1.29, 1.82) is 0 Å². The van der Waals surface area contributed by atoms with Crippen LogP contribution in [0.2, 0.25) is 0 Å². The maximum absolute atomic E-state index is 11.7. The van der Waals surface area contributed by atoms with Crippen molar-refractivity contribution >= 4 is 17.4 Å². The van der Waals surface area contributed by atoms with Crippen LogP contribution >= 0.6 is 11.3 Å². The second-order valence-corrected chi connectivity index (χ2v) is 9.28. The van der Waals surface area contributed by atoms with E-state index in [-0.39, 0.29) is 6.09 Å². The lowest BCUT2D eigenvalue weighted by atomic mass is 9.60. The Labute approximate surface area is 147 Å². The van der Waals surface area contributed by atoms with Crippen LogP contribution in [0.4, 0.5) is 4.79 Å². The van der Waals surface area contributed by atoms with Crippen LogP contribution in [0.5, 0.6) is 0 Å². The third-order valence-electron chi connectivity index (χ3n) is 6.63. The van der Waals surface area contributed by atoms with Crippen LogP contribution < -0.4 is 0 Å². The highest BCUT2D eigenvalue weighted by Crippen LogP contribution is 2.60. The molecule has 24 heavy (non-hydrogen) atoms. The number of hydrogen-bond donors (Lipinski definition) is 0. The monoisotopic (exact) mass is 347 g/mol. The zero-order chi connectivity index (χ0) is 16.5. The van der Waals surface area contributed by atoms with Crippen molar-refractivity contribution in [2.45, 2.75) is 38.6 Å². The Hall–Kier alpha value is -1.14. The summed E-state index contributed by atoms with van der Waals surface area (Å²) in [6.07, 6.45) is 2.40. The molecule has 1 aromatic heterocycles. The van der Waals surface area contributed by atoms with Crippen molar-refractivity contribution in [2.24, 2.45) is 17.3 Å². The van der Waals surface area contributed by atoms with Crippen LogP contribution in [0.1, 0.15) is 36.4 Å². The van der Waals surface area contributed by atoms with Gasteiger partial charge in [0, 0.05) is 48.9 Å². The van der Waals surface area contributed by atoms with Crippen LogP contribution in [0.3, 0.4) is 0 Å². The number of rotatable bonds is 3. The minimum absolute atomic E-state index is 0.129. The first-order valence-electron chi connectivity index (χ1n) is 9.16. The van der Waals surface area contributed by atoms with E-state index < -0.39 is 0 Å². The summed E-state index contributed by atoms with van der Waals surface area (Å²) < 4.78 is 5.08. The molecule has 1 spiro atoms. The number of carbonyl (C=O) groups is 1. The molecular weight excluding hydrogens is 322 g/mol. The van der Waals surface area contributed by atoms with E-state index in [4.69, 9.17) is 9.72 Å². The fraction of sp³-hybridized carbons (Fsp3) is 0.778. The average Bonchev–Trinajstić information content (AvgIpc) is 2.83. The van der Waals surface area contributed by atoms with Gasteiger partial charge in [-0.3, -0.25) is 4.90 Å². The van der Waals surface area contributed by atoms with E-state index in [1.54, 1.807) is 11.3 Å². The van der Waals surface area contributed by atoms with E-state index in [2.05, 4.69) is 17.2 Å². The Balaban J connectivity index is 1.09. The maximum Gasteiger partial charge on any atom is 0.409 e. The fourth-order valence-electron chi connectivity index (χ4n) is 5.39. The fourth-order valence-corrected chi connectivity index (χ4v) is 6.05. The number of ether oxygens (including phenoxy) is 1. The molecular formula is C18H25N3O2S. The Morgan fingerprint density at radius 2 is 2.08 bits per heavy atom. The summed E-state index contributed by atoms with van der Waals surface area (Å²) in [5.74, 6) is 2.43. The largest absolute Gasteiger partial charge is 0.450 e. The first-order valence-corrected chi connectivity index (χ1v) is 10.0. The van der Waals surface area contributed by atoms with Crippen LogP contribution in [-0.2, 0) is 4.74 Å². The van der Waals surface area contributed by atoms with Gasteiger partial charge in [0.1, 0.15) is 0 Å². The third-order valence-corrected chi connectivity index (χ3v) is 7.42. The van der Waals surface area contributed by atoms with Crippen LogP contribution in [-0.4, -0.2) is 59.7 Å². The van der Waals surface area contributed by atoms with E-state index in [0.717, 1.165) is 36.9 Å². The highest BCUT2D eigenvalue weighted by atomic mass is 32.1. The van der Waals surface area contributed by atoms with E-state index in [9.17, 15) is 4.79 Å². The second-order valence-electron chi connectivity index (χ2n) is 8.22. The number of nitrogens with zero attached hydrogens (tertiary/aromatic N) is 3. The van der Waals surface area contributed by atoms with Gasteiger partial charge in [0.2, 0.25) is 0 Å². The Morgan fingerprint density at radius 1 is 1.38 bits per heavy atom. The number of likely N-dealkylation sites (tertiary alicyclic amines) is 2. The predicted octanol–water partition coefficient (Wildman–Crippen LogP) is 2.72. The first kappa shape index (κ1) is 15.1. The van der Waals surface area contributed by atoms with E-state index in [0.29, 0.717) is 12.0 Å². The van der Waals surface area contributed by atoms with Gasteiger partial charge in [-0.1, -0.05) is 0 Å². The molecule has 1 unspecified atom stereocenters.